The number of aromatic nitrogens is 1. The third-order valence-corrected chi connectivity index (χ3v) is 4.42. The van der Waals surface area contributed by atoms with Gasteiger partial charge in [-0.15, -0.1) is 0 Å². The zero-order valence-corrected chi connectivity index (χ0v) is 11.8. The van der Waals surface area contributed by atoms with E-state index in [0.29, 0.717) is 5.88 Å². The van der Waals surface area contributed by atoms with Crippen LogP contribution >= 0.6 is 0 Å². The largest absolute Gasteiger partial charge is 0.494 e. The summed E-state index contributed by atoms with van der Waals surface area (Å²) in [6.07, 6.45) is 0.851. The Bertz CT molecular complexity index is 1050. The molecule has 1 aromatic heterocycles. The van der Waals surface area contributed by atoms with Crippen molar-refractivity contribution >= 4 is 16.3 Å². The van der Waals surface area contributed by atoms with Gasteiger partial charge in [0.2, 0.25) is 0 Å². The number of hydrogen-bond donors (Lipinski definition) is 1. The molecular weight excluding hydrogens is 274 g/mol. The van der Waals surface area contributed by atoms with Gasteiger partial charge in [-0.1, -0.05) is 30.3 Å². The molecule has 106 valence electrons. The van der Waals surface area contributed by atoms with Crippen LogP contribution in [0.2, 0.25) is 0 Å². The smallest absolute Gasteiger partial charge is 0.199 e. The second-order valence-electron chi connectivity index (χ2n) is 5.63. The SMILES string of the molecule is Oc1c2ccccc2c2n1CCC2=C1N=c2ccccc2=N1. The Morgan fingerprint density at radius 2 is 1.50 bits per heavy atom. The molecule has 0 aliphatic carbocycles. The average Bonchev–Trinajstić information content (AvgIpc) is 3.22. The lowest BCUT2D eigenvalue weighted by molar-refractivity contribution is 0.428. The molecule has 0 fully saturated rings. The summed E-state index contributed by atoms with van der Waals surface area (Å²) in [5, 5.41) is 14.2. The zero-order valence-electron chi connectivity index (χ0n) is 11.8. The van der Waals surface area contributed by atoms with E-state index in [-0.39, 0.29) is 0 Å². The second kappa shape index (κ2) is 4.07. The highest BCUT2D eigenvalue weighted by molar-refractivity contribution is 5.98. The van der Waals surface area contributed by atoms with Crippen molar-refractivity contribution in [3.8, 4) is 5.88 Å². The van der Waals surface area contributed by atoms with Crippen molar-refractivity contribution in [3.05, 3.63) is 70.8 Å². The van der Waals surface area contributed by atoms with E-state index >= 15 is 0 Å². The third-order valence-electron chi connectivity index (χ3n) is 4.42. The monoisotopic (exact) mass is 287 g/mol. The van der Waals surface area contributed by atoms with Crippen molar-refractivity contribution in [1.29, 1.82) is 0 Å². The van der Waals surface area contributed by atoms with Crippen LogP contribution in [0.4, 0.5) is 0 Å². The molecule has 2 aromatic carbocycles. The number of aromatic hydroxyl groups is 1. The summed E-state index contributed by atoms with van der Waals surface area (Å²) >= 11 is 0. The van der Waals surface area contributed by atoms with Gasteiger partial charge in [0, 0.05) is 22.9 Å². The first kappa shape index (κ1) is 11.7. The number of benzene rings is 2. The lowest BCUT2D eigenvalue weighted by atomic mass is 10.1. The number of allylic oxidation sites excluding steroid dienone is 1. The van der Waals surface area contributed by atoms with E-state index in [9.17, 15) is 5.11 Å². The zero-order chi connectivity index (χ0) is 14.7. The Morgan fingerprint density at radius 1 is 0.864 bits per heavy atom. The van der Waals surface area contributed by atoms with Crippen molar-refractivity contribution in [3.63, 3.8) is 0 Å². The highest BCUT2D eigenvalue weighted by Crippen LogP contribution is 2.42. The van der Waals surface area contributed by atoms with E-state index in [1.165, 1.54) is 0 Å². The van der Waals surface area contributed by atoms with Gasteiger partial charge in [-0.3, -0.25) is 0 Å². The lowest BCUT2D eigenvalue weighted by Gasteiger charge is -2.00. The summed E-state index contributed by atoms with van der Waals surface area (Å²) in [6.45, 7) is 0.774. The standard InChI is InChI=1S/C18H13N3O/c22-18-12-6-2-1-5-11(12)16-13(9-10-21(16)18)17-19-14-7-3-4-8-15(14)20-17/h1-8,22H,9-10H2. The molecule has 2 aliphatic heterocycles. The molecule has 0 saturated carbocycles. The predicted molar refractivity (Wildman–Crippen MR) is 83.9 cm³/mol. The molecule has 0 unspecified atom stereocenters. The van der Waals surface area contributed by atoms with Gasteiger partial charge >= 0.3 is 0 Å². The first-order chi connectivity index (χ1) is 10.8. The van der Waals surface area contributed by atoms with Crippen LogP contribution in [0.1, 0.15) is 12.1 Å². The summed E-state index contributed by atoms with van der Waals surface area (Å²) in [4.78, 5) is 9.33. The minimum absolute atomic E-state index is 0.344. The molecule has 0 saturated heterocycles. The molecule has 0 spiro atoms. The van der Waals surface area contributed by atoms with E-state index in [1.807, 2.05) is 47.0 Å². The lowest BCUT2D eigenvalue weighted by Crippen LogP contribution is -2.19. The molecular formula is C18H13N3O. The van der Waals surface area contributed by atoms with Gasteiger partial charge in [0.15, 0.2) is 11.7 Å². The Kier molecular flexibility index (Phi) is 2.17. The molecule has 0 amide bonds. The van der Waals surface area contributed by atoms with Gasteiger partial charge in [-0.25, -0.2) is 9.98 Å². The third kappa shape index (κ3) is 1.41. The van der Waals surface area contributed by atoms with Crippen LogP contribution in [0.3, 0.4) is 0 Å². The van der Waals surface area contributed by atoms with Crippen molar-refractivity contribution in [2.24, 2.45) is 9.98 Å². The van der Waals surface area contributed by atoms with Crippen LogP contribution in [-0.2, 0) is 6.54 Å². The first-order valence-corrected chi connectivity index (χ1v) is 7.39. The van der Waals surface area contributed by atoms with E-state index in [1.54, 1.807) is 0 Å². The van der Waals surface area contributed by atoms with Gasteiger partial charge < -0.3 is 9.67 Å². The maximum absolute atomic E-state index is 10.4. The van der Waals surface area contributed by atoms with E-state index in [2.05, 4.69) is 16.1 Å². The molecule has 1 N–H and O–H groups in total. The molecule has 2 aliphatic rings. The molecule has 0 atom stereocenters. The molecule has 3 aromatic rings. The van der Waals surface area contributed by atoms with Crippen LogP contribution in [-0.4, -0.2) is 9.67 Å². The number of nitrogens with zero attached hydrogens (tertiary/aromatic N) is 3. The molecule has 4 heteroatoms. The van der Waals surface area contributed by atoms with Gasteiger partial charge in [0.05, 0.1) is 16.4 Å². The van der Waals surface area contributed by atoms with Crippen molar-refractivity contribution < 1.29 is 5.11 Å². The van der Waals surface area contributed by atoms with Gasteiger partial charge in [-0.05, 0) is 24.6 Å². The summed E-state index contributed by atoms with van der Waals surface area (Å²) in [6, 6.07) is 15.9. The van der Waals surface area contributed by atoms with Crippen LogP contribution in [0.15, 0.2) is 64.3 Å². The molecule has 3 heterocycles. The van der Waals surface area contributed by atoms with E-state index < -0.39 is 0 Å². The fraction of sp³-hybridized carbons (Fsp3) is 0.111. The average molecular weight is 287 g/mol. The van der Waals surface area contributed by atoms with Crippen LogP contribution in [0.25, 0.3) is 16.3 Å². The number of hydrogen-bond acceptors (Lipinski definition) is 3. The molecule has 22 heavy (non-hydrogen) atoms. The van der Waals surface area contributed by atoms with Crippen molar-refractivity contribution in [2.45, 2.75) is 13.0 Å². The fourth-order valence-electron chi connectivity index (χ4n) is 3.43. The molecule has 0 radical (unpaired) electrons. The summed E-state index contributed by atoms with van der Waals surface area (Å²) in [7, 11) is 0. The highest BCUT2D eigenvalue weighted by Gasteiger charge is 2.27. The Morgan fingerprint density at radius 3 is 2.23 bits per heavy atom. The molecule has 5 rings (SSSR count). The van der Waals surface area contributed by atoms with Crippen LogP contribution < -0.4 is 10.7 Å². The summed E-state index contributed by atoms with van der Waals surface area (Å²) < 4.78 is 1.97. The normalized spacial score (nSPS) is 15.6. The Balaban J connectivity index is 1.85. The fourth-order valence-corrected chi connectivity index (χ4v) is 3.43. The van der Waals surface area contributed by atoms with Gasteiger partial charge in [-0.2, -0.15) is 0 Å². The predicted octanol–water partition coefficient (Wildman–Crippen LogP) is 2.37. The van der Waals surface area contributed by atoms with Gasteiger partial charge in [0.1, 0.15) is 0 Å². The molecule has 0 bridgehead atoms. The van der Waals surface area contributed by atoms with Gasteiger partial charge in [0.25, 0.3) is 0 Å². The number of para-hydroxylation sites is 2. The topological polar surface area (TPSA) is 49.9 Å². The van der Waals surface area contributed by atoms with E-state index in [4.69, 9.17) is 0 Å². The first-order valence-electron chi connectivity index (χ1n) is 7.39. The minimum atomic E-state index is 0.344. The highest BCUT2D eigenvalue weighted by atomic mass is 16.3. The maximum Gasteiger partial charge on any atom is 0.199 e. The van der Waals surface area contributed by atoms with E-state index in [0.717, 1.165) is 51.5 Å². The van der Waals surface area contributed by atoms with Crippen molar-refractivity contribution in [1.82, 2.24) is 4.57 Å². The van der Waals surface area contributed by atoms with Crippen LogP contribution in [0.5, 0.6) is 5.88 Å². The second-order valence-corrected chi connectivity index (χ2v) is 5.63. The maximum atomic E-state index is 10.4. The summed E-state index contributed by atoms with van der Waals surface area (Å²) in [5.74, 6) is 1.12. The van der Waals surface area contributed by atoms with Crippen molar-refractivity contribution in [2.75, 3.05) is 0 Å². The Labute approximate surface area is 126 Å². The number of rotatable bonds is 0. The molecule has 4 nitrogen and oxygen atoms in total. The summed E-state index contributed by atoms with van der Waals surface area (Å²) in [5.41, 5.74) is 2.18. The minimum Gasteiger partial charge on any atom is -0.494 e. The Hall–Kier alpha value is -2.88. The van der Waals surface area contributed by atoms with Crippen LogP contribution in [0, 0.1) is 0 Å². The quantitative estimate of drug-likeness (QED) is 0.678. The number of fused-ring (bicyclic) bond motifs is 4.